The lowest BCUT2D eigenvalue weighted by molar-refractivity contribution is -0.138. The summed E-state index contributed by atoms with van der Waals surface area (Å²) in [5.41, 5.74) is 7.75. The Morgan fingerprint density at radius 2 is 1.73 bits per heavy atom. The SMILES string of the molecule is Cc1nc(N2CCC(CC(=O)O)CC2)ccc1-n1nc(-c2cccc3nn(CC(O)c4ccccc4)cc23)c(C(C)C)c1C. The number of carboxylic acids is 1. The van der Waals surface area contributed by atoms with Gasteiger partial charge in [0.15, 0.2) is 0 Å². The van der Waals surface area contributed by atoms with Crippen LogP contribution in [0.3, 0.4) is 0 Å². The first kappa shape index (κ1) is 29.6. The summed E-state index contributed by atoms with van der Waals surface area (Å²) in [6, 6.07) is 19.9. The molecule has 4 heterocycles. The minimum Gasteiger partial charge on any atom is -0.481 e. The van der Waals surface area contributed by atoms with Crippen LogP contribution >= 0.6 is 0 Å². The summed E-state index contributed by atoms with van der Waals surface area (Å²) < 4.78 is 3.83. The number of carbonyl (C=O) groups is 1. The first-order valence-corrected chi connectivity index (χ1v) is 15.4. The van der Waals surface area contributed by atoms with Crippen LogP contribution in [0.4, 0.5) is 5.82 Å². The van der Waals surface area contributed by atoms with Crippen molar-refractivity contribution in [2.45, 2.75) is 65.5 Å². The summed E-state index contributed by atoms with van der Waals surface area (Å²) in [6.07, 6.45) is 3.32. The molecule has 0 spiro atoms. The smallest absolute Gasteiger partial charge is 0.303 e. The van der Waals surface area contributed by atoms with Crippen molar-refractivity contribution in [1.29, 1.82) is 0 Å². The number of rotatable bonds is 9. The third-order valence-corrected chi connectivity index (χ3v) is 8.81. The Hall–Kier alpha value is -4.50. The number of hydrogen-bond acceptors (Lipinski definition) is 6. The van der Waals surface area contributed by atoms with Crippen LogP contribution in [0.25, 0.3) is 27.8 Å². The zero-order chi connectivity index (χ0) is 31.0. The maximum atomic E-state index is 11.1. The lowest BCUT2D eigenvalue weighted by Gasteiger charge is -2.32. The molecule has 5 aromatic rings. The number of hydrogen-bond donors (Lipinski definition) is 2. The van der Waals surface area contributed by atoms with Crippen molar-refractivity contribution in [3.05, 3.63) is 89.4 Å². The van der Waals surface area contributed by atoms with Crippen LogP contribution in [-0.4, -0.2) is 53.8 Å². The van der Waals surface area contributed by atoms with E-state index in [-0.39, 0.29) is 18.3 Å². The maximum absolute atomic E-state index is 11.1. The third kappa shape index (κ3) is 5.84. The van der Waals surface area contributed by atoms with Crippen LogP contribution in [0.15, 0.2) is 66.9 Å². The number of fused-ring (bicyclic) bond motifs is 1. The van der Waals surface area contributed by atoms with E-state index >= 15 is 0 Å². The average Bonchev–Trinajstić information content (AvgIpc) is 3.57. The number of piperidine rings is 1. The lowest BCUT2D eigenvalue weighted by atomic mass is 9.93. The van der Waals surface area contributed by atoms with E-state index in [0.717, 1.165) is 76.5 Å². The summed E-state index contributed by atoms with van der Waals surface area (Å²) in [5.74, 6) is 0.672. The fraction of sp³-hybridized carbons (Fsp3) is 0.371. The van der Waals surface area contributed by atoms with Crippen molar-refractivity contribution >= 4 is 22.7 Å². The fourth-order valence-corrected chi connectivity index (χ4v) is 6.54. The first-order valence-electron chi connectivity index (χ1n) is 15.4. The molecule has 2 aromatic carbocycles. The van der Waals surface area contributed by atoms with Gasteiger partial charge in [-0.15, -0.1) is 0 Å². The van der Waals surface area contributed by atoms with Gasteiger partial charge < -0.3 is 15.1 Å². The van der Waals surface area contributed by atoms with Gasteiger partial charge in [0.1, 0.15) is 5.82 Å². The van der Waals surface area contributed by atoms with E-state index in [4.69, 9.17) is 20.3 Å². The van der Waals surface area contributed by atoms with Gasteiger partial charge in [-0.2, -0.15) is 10.2 Å². The molecule has 1 fully saturated rings. The van der Waals surface area contributed by atoms with E-state index in [1.54, 1.807) is 0 Å². The Morgan fingerprint density at radius 3 is 2.41 bits per heavy atom. The van der Waals surface area contributed by atoms with Crippen molar-refractivity contribution in [3.8, 4) is 16.9 Å². The average molecular weight is 593 g/mol. The minimum atomic E-state index is -0.719. The zero-order valence-electron chi connectivity index (χ0n) is 25.8. The number of aromatic nitrogens is 5. The summed E-state index contributed by atoms with van der Waals surface area (Å²) in [7, 11) is 0. The number of aliphatic hydroxyl groups is 1. The van der Waals surface area contributed by atoms with Crippen LogP contribution < -0.4 is 4.90 Å². The van der Waals surface area contributed by atoms with E-state index in [2.05, 4.69) is 43.9 Å². The van der Waals surface area contributed by atoms with E-state index in [9.17, 15) is 9.90 Å². The number of carboxylic acid groups (broad SMARTS) is 1. The number of aryl methyl sites for hydroxylation is 1. The molecule has 1 saturated heterocycles. The van der Waals surface area contributed by atoms with Gasteiger partial charge in [0, 0.05) is 47.9 Å². The lowest BCUT2D eigenvalue weighted by Crippen LogP contribution is -2.35. The molecule has 0 bridgehead atoms. The van der Waals surface area contributed by atoms with Gasteiger partial charge in [0.2, 0.25) is 0 Å². The summed E-state index contributed by atoms with van der Waals surface area (Å²) in [4.78, 5) is 18.4. The van der Waals surface area contributed by atoms with Gasteiger partial charge in [-0.1, -0.05) is 56.3 Å². The second-order valence-corrected chi connectivity index (χ2v) is 12.2. The molecule has 0 amide bonds. The monoisotopic (exact) mass is 592 g/mol. The van der Waals surface area contributed by atoms with Crippen molar-refractivity contribution in [1.82, 2.24) is 24.5 Å². The highest BCUT2D eigenvalue weighted by molar-refractivity contribution is 5.94. The second kappa shape index (κ2) is 12.2. The van der Waals surface area contributed by atoms with Gasteiger partial charge in [0.05, 0.1) is 35.2 Å². The zero-order valence-corrected chi connectivity index (χ0v) is 25.8. The number of benzene rings is 2. The number of pyridine rings is 1. The highest BCUT2D eigenvalue weighted by Crippen LogP contribution is 2.37. The van der Waals surface area contributed by atoms with Crippen LogP contribution in [0.1, 0.15) is 67.6 Å². The van der Waals surface area contributed by atoms with E-state index in [1.165, 1.54) is 5.56 Å². The van der Waals surface area contributed by atoms with Crippen molar-refractivity contribution in [3.63, 3.8) is 0 Å². The minimum absolute atomic E-state index is 0.231. The van der Waals surface area contributed by atoms with Crippen LogP contribution in [0, 0.1) is 19.8 Å². The van der Waals surface area contributed by atoms with E-state index in [0.29, 0.717) is 6.54 Å². The Labute approximate surface area is 257 Å². The Morgan fingerprint density at radius 1 is 0.977 bits per heavy atom. The normalized spacial score (nSPS) is 14.9. The molecule has 1 aliphatic rings. The summed E-state index contributed by atoms with van der Waals surface area (Å²) >= 11 is 0. The summed E-state index contributed by atoms with van der Waals surface area (Å²) in [5, 5.41) is 31.0. The number of nitrogens with zero attached hydrogens (tertiary/aromatic N) is 6. The molecule has 0 saturated carbocycles. The molecule has 9 heteroatoms. The third-order valence-electron chi connectivity index (χ3n) is 8.81. The van der Waals surface area contributed by atoms with Crippen LogP contribution in [0.2, 0.25) is 0 Å². The Balaban J connectivity index is 1.31. The fourth-order valence-electron chi connectivity index (χ4n) is 6.54. The molecule has 228 valence electrons. The quantitative estimate of drug-likeness (QED) is 0.202. The highest BCUT2D eigenvalue weighted by atomic mass is 16.4. The van der Waals surface area contributed by atoms with Gasteiger partial charge in [-0.25, -0.2) is 9.67 Å². The molecule has 6 rings (SSSR count). The van der Waals surface area contributed by atoms with Crippen molar-refractivity contribution < 1.29 is 15.0 Å². The largest absolute Gasteiger partial charge is 0.481 e. The highest BCUT2D eigenvalue weighted by Gasteiger charge is 2.25. The molecule has 1 unspecified atom stereocenters. The van der Waals surface area contributed by atoms with Crippen LogP contribution in [0.5, 0.6) is 0 Å². The standard InChI is InChI=1S/C35H40N6O3/c1-22(2)34-24(4)41(30-13-14-32(36-23(30)3)39-17-15-25(16-18-39)19-33(43)44)38-35(34)27-11-8-12-29-28(27)20-40(37-29)21-31(42)26-9-6-5-7-10-26/h5-14,20,22,25,31,42H,15-19,21H2,1-4H3,(H,43,44). The molecular weight excluding hydrogens is 552 g/mol. The second-order valence-electron chi connectivity index (χ2n) is 12.2. The van der Waals surface area contributed by atoms with Gasteiger partial charge in [-0.05, 0) is 62.3 Å². The predicted octanol–water partition coefficient (Wildman–Crippen LogP) is 6.45. The van der Waals surface area contributed by atoms with E-state index in [1.807, 2.05) is 64.9 Å². The Bertz CT molecular complexity index is 1780. The Kier molecular flexibility index (Phi) is 8.23. The molecule has 1 aliphatic heterocycles. The van der Waals surface area contributed by atoms with Crippen molar-refractivity contribution in [2.24, 2.45) is 5.92 Å². The van der Waals surface area contributed by atoms with Gasteiger partial charge >= 0.3 is 5.97 Å². The molecule has 9 nitrogen and oxygen atoms in total. The molecule has 0 radical (unpaired) electrons. The van der Waals surface area contributed by atoms with Crippen LogP contribution in [-0.2, 0) is 11.3 Å². The maximum Gasteiger partial charge on any atom is 0.303 e. The molecular formula is C35H40N6O3. The molecule has 3 aromatic heterocycles. The topological polar surface area (TPSA) is 109 Å². The molecule has 44 heavy (non-hydrogen) atoms. The summed E-state index contributed by atoms with van der Waals surface area (Å²) in [6.45, 7) is 10.5. The molecule has 0 aliphatic carbocycles. The van der Waals surface area contributed by atoms with E-state index < -0.39 is 12.1 Å². The molecule has 1 atom stereocenters. The first-order chi connectivity index (χ1) is 21.2. The predicted molar refractivity (Wildman–Crippen MR) is 172 cm³/mol. The number of aliphatic carboxylic acids is 1. The van der Waals surface area contributed by atoms with Gasteiger partial charge in [-0.3, -0.25) is 9.48 Å². The van der Waals surface area contributed by atoms with Gasteiger partial charge in [0.25, 0.3) is 0 Å². The number of anilines is 1. The van der Waals surface area contributed by atoms with Crippen molar-refractivity contribution in [2.75, 3.05) is 18.0 Å². The number of aliphatic hydroxyl groups excluding tert-OH is 1. The molecule has 2 N–H and O–H groups in total.